The molecule has 0 aliphatic heterocycles. The Balaban J connectivity index is 1.65. The third-order valence-electron chi connectivity index (χ3n) is 3.32. The van der Waals surface area contributed by atoms with Crippen LogP contribution in [0.5, 0.6) is 5.75 Å². The fourth-order valence-electron chi connectivity index (χ4n) is 2.07. The molecule has 0 saturated carbocycles. The highest BCUT2D eigenvalue weighted by atomic mass is 16.5. The summed E-state index contributed by atoms with van der Waals surface area (Å²) in [5.41, 5.74) is 1.39. The largest absolute Gasteiger partial charge is 0.492 e. The maximum atomic E-state index is 11.7. The van der Waals surface area contributed by atoms with Gasteiger partial charge in [0.05, 0.1) is 18.7 Å². The van der Waals surface area contributed by atoms with E-state index in [9.17, 15) is 9.59 Å². The highest BCUT2D eigenvalue weighted by Gasteiger charge is 2.06. The van der Waals surface area contributed by atoms with Crippen LogP contribution >= 0.6 is 0 Å². The van der Waals surface area contributed by atoms with Crippen molar-refractivity contribution in [1.82, 2.24) is 10.6 Å². The quantitative estimate of drug-likeness (QED) is 0.571. The molecule has 2 rings (SSSR count). The van der Waals surface area contributed by atoms with E-state index in [2.05, 4.69) is 10.6 Å². The van der Waals surface area contributed by atoms with Gasteiger partial charge in [-0.3, -0.25) is 0 Å². The zero-order chi connectivity index (χ0) is 17.9. The Bertz CT molecular complexity index is 672. The van der Waals surface area contributed by atoms with Crippen molar-refractivity contribution in [3.8, 4) is 5.75 Å². The Morgan fingerprint density at radius 1 is 0.960 bits per heavy atom. The van der Waals surface area contributed by atoms with Crippen molar-refractivity contribution in [3.63, 3.8) is 0 Å². The summed E-state index contributed by atoms with van der Waals surface area (Å²) in [6, 6.07) is 16.1. The molecule has 2 N–H and O–H groups in total. The Kier molecular flexibility index (Phi) is 7.31. The maximum absolute atomic E-state index is 11.7. The van der Waals surface area contributed by atoms with Crippen molar-refractivity contribution < 1.29 is 19.1 Å². The lowest BCUT2D eigenvalue weighted by Crippen LogP contribution is -2.37. The van der Waals surface area contributed by atoms with E-state index >= 15 is 0 Å². The van der Waals surface area contributed by atoms with E-state index < -0.39 is 0 Å². The fourth-order valence-corrected chi connectivity index (χ4v) is 2.07. The van der Waals surface area contributed by atoms with Gasteiger partial charge in [-0.25, -0.2) is 9.59 Å². The number of para-hydroxylation sites is 1. The smallest absolute Gasteiger partial charge is 0.338 e. The molecule has 6 heteroatoms. The van der Waals surface area contributed by atoms with Gasteiger partial charge in [-0.05, 0) is 36.8 Å². The highest BCUT2D eigenvalue weighted by Crippen LogP contribution is 2.07. The number of esters is 1. The van der Waals surface area contributed by atoms with E-state index in [1.54, 1.807) is 31.2 Å². The average Bonchev–Trinajstić information content (AvgIpc) is 2.65. The second-order valence-corrected chi connectivity index (χ2v) is 5.19. The summed E-state index contributed by atoms with van der Waals surface area (Å²) >= 11 is 0. The Morgan fingerprint density at radius 3 is 2.36 bits per heavy atom. The number of benzene rings is 2. The first-order valence-corrected chi connectivity index (χ1v) is 8.14. The standard InChI is InChI=1S/C19H22N2O4/c1-2-24-18(22)16-10-8-15(9-11-16)14-21-19(23)20-12-13-25-17-6-4-3-5-7-17/h3-11H,2,12-14H2,1H3,(H2,20,21,23). The Hall–Kier alpha value is -3.02. The number of carbonyl (C=O) groups excluding carboxylic acids is 2. The van der Waals surface area contributed by atoms with Gasteiger partial charge >= 0.3 is 12.0 Å². The summed E-state index contributed by atoms with van der Waals surface area (Å²) in [6.45, 7) is 3.28. The first-order valence-electron chi connectivity index (χ1n) is 8.14. The molecule has 132 valence electrons. The third kappa shape index (κ3) is 6.55. The van der Waals surface area contributed by atoms with Crippen molar-refractivity contribution in [1.29, 1.82) is 0 Å². The van der Waals surface area contributed by atoms with E-state index in [1.807, 2.05) is 30.3 Å². The second-order valence-electron chi connectivity index (χ2n) is 5.19. The van der Waals surface area contributed by atoms with E-state index in [0.29, 0.717) is 31.9 Å². The molecule has 0 unspecified atom stereocenters. The monoisotopic (exact) mass is 342 g/mol. The van der Waals surface area contributed by atoms with E-state index in [4.69, 9.17) is 9.47 Å². The van der Waals surface area contributed by atoms with Gasteiger partial charge in [0.25, 0.3) is 0 Å². The summed E-state index contributed by atoms with van der Waals surface area (Å²) in [5, 5.41) is 5.47. The lowest BCUT2D eigenvalue weighted by Gasteiger charge is -2.09. The van der Waals surface area contributed by atoms with Gasteiger partial charge in [0.1, 0.15) is 12.4 Å². The molecule has 0 spiro atoms. The van der Waals surface area contributed by atoms with Gasteiger partial charge in [-0.1, -0.05) is 30.3 Å². The van der Waals surface area contributed by atoms with Crippen LogP contribution in [0.25, 0.3) is 0 Å². The number of hydrogen-bond donors (Lipinski definition) is 2. The van der Waals surface area contributed by atoms with Gasteiger partial charge in [-0.2, -0.15) is 0 Å². The fraction of sp³-hybridized carbons (Fsp3) is 0.263. The molecule has 2 amide bonds. The molecular formula is C19H22N2O4. The van der Waals surface area contributed by atoms with Crippen LogP contribution in [0.1, 0.15) is 22.8 Å². The van der Waals surface area contributed by atoms with Crippen LogP contribution in [0.2, 0.25) is 0 Å². The lowest BCUT2D eigenvalue weighted by atomic mass is 10.1. The predicted octanol–water partition coefficient (Wildman–Crippen LogP) is 2.74. The summed E-state index contributed by atoms with van der Waals surface area (Å²) in [7, 11) is 0. The Labute approximate surface area is 147 Å². The highest BCUT2D eigenvalue weighted by molar-refractivity contribution is 5.89. The molecular weight excluding hydrogens is 320 g/mol. The van der Waals surface area contributed by atoms with Crippen LogP contribution in [0.4, 0.5) is 4.79 Å². The first-order chi connectivity index (χ1) is 12.2. The molecule has 0 aliphatic carbocycles. The molecule has 0 aliphatic rings. The number of ether oxygens (including phenoxy) is 2. The minimum absolute atomic E-state index is 0.272. The van der Waals surface area contributed by atoms with Gasteiger partial charge in [-0.15, -0.1) is 0 Å². The summed E-state index contributed by atoms with van der Waals surface area (Å²) in [4.78, 5) is 23.3. The molecule has 0 fully saturated rings. The lowest BCUT2D eigenvalue weighted by molar-refractivity contribution is 0.0526. The van der Waals surface area contributed by atoms with Crippen molar-refractivity contribution in [2.75, 3.05) is 19.8 Å². The zero-order valence-corrected chi connectivity index (χ0v) is 14.2. The minimum Gasteiger partial charge on any atom is -0.492 e. The normalized spacial score (nSPS) is 9.96. The SMILES string of the molecule is CCOC(=O)c1ccc(CNC(=O)NCCOc2ccccc2)cc1. The van der Waals surface area contributed by atoms with Gasteiger partial charge in [0.2, 0.25) is 0 Å². The summed E-state index contributed by atoms with van der Waals surface area (Å²) in [6.07, 6.45) is 0. The van der Waals surface area contributed by atoms with Crippen LogP contribution in [0.15, 0.2) is 54.6 Å². The maximum Gasteiger partial charge on any atom is 0.338 e. The molecule has 2 aromatic rings. The van der Waals surface area contributed by atoms with E-state index in [0.717, 1.165) is 11.3 Å². The van der Waals surface area contributed by atoms with Crippen molar-refractivity contribution in [3.05, 3.63) is 65.7 Å². The average molecular weight is 342 g/mol. The van der Waals surface area contributed by atoms with Crippen LogP contribution in [0.3, 0.4) is 0 Å². The molecule has 0 atom stereocenters. The summed E-state index contributed by atoms with van der Waals surface area (Å²) < 4.78 is 10.4. The van der Waals surface area contributed by atoms with Gasteiger partial charge < -0.3 is 20.1 Å². The molecule has 0 radical (unpaired) electrons. The van der Waals surface area contributed by atoms with E-state index in [1.165, 1.54) is 0 Å². The number of carbonyl (C=O) groups is 2. The summed E-state index contributed by atoms with van der Waals surface area (Å²) in [5.74, 6) is 0.421. The van der Waals surface area contributed by atoms with Crippen molar-refractivity contribution >= 4 is 12.0 Å². The molecule has 25 heavy (non-hydrogen) atoms. The predicted molar refractivity (Wildman–Crippen MR) is 94.6 cm³/mol. The molecule has 0 bridgehead atoms. The Morgan fingerprint density at radius 2 is 1.68 bits per heavy atom. The number of rotatable bonds is 8. The molecule has 2 aromatic carbocycles. The van der Waals surface area contributed by atoms with Crippen LogP contribution in [-0.2, 0) is 11.3 Å². The number of nitrogens with one attached hydrogen (secondary N) is 2. The van der Waals surface area contributed by atoms with Crippen molar-refractivity contribution in [2.45, 2.75) is 13.5 Å². The number of hydrogen-bond acceptors (Lipinski definition) is 4. The van der Waals surface area contributed by atoms with Crippen LogP contribution in [0, 0.1) is 0 Å². The first kappa shape index (κ1) is 18.3. The zero-order valence-electron chi connectivity index (χ0n) is 14.2. The topological polar surface area (TPSA) is 76.7 Å². The third-order valence-corrected chi connectivity index (χ3v) is 3.32. The molecule has 0 saturated heterocycles. The van der Waals surface area contributed by atoms with Crippen LogP contribution in [-0.4, -0.2) is 31.8 Å². The van der Waals surface area contributed by atoms with Crippen LogP contribution < -0.4 is 15.4 Å². The molecule has 0 heterocycles. The second kappa shape index (κ2) is 9.97. The number of amides is 2. The van der Waals surface area contributed by atoms with Crippen molar-refractivity contribution in [2.24, 2.45) is 0 Å². The minimum atomic E-state index is -0.349. The number of urea groups is 1. The molecule has 0 aromatic heterocycles. The van der Waals surface area contributed by atoms with Gasteiger partial charge in [0, 0.05) is 6.54 Å². The van der Waals surface area contributed by atoms with Gasteiger partial charge in [0.15, 0.2) is 0 Å². The molecule has 6 nitrogen and oxygen atoms in total. The van der Waals surface area contributed by atoms with E-state index in [-0.39, 0.29) is 12.0 Å².